The molecule has 0 unspecified atom stereocenters. The maximum Gasteiger partial charge on any atom is 0.262 e. The van der Waals surface area contributed by atoms with Gasteiger partial charge in [0.15, 0.2) is 6.61 Å². The maximum atomic E-state index is 12.3. The SMILES string of the molecule is Cc1n[nH]c(C)c1C(=O)Nc1ccc2c(c1)NC(=O)CO2. The van der Waals surface area contributed by atoms with Crippen LogP contribution in [0, 0.1) is 13.8 Å². The van der Waals surface area contributed by atoms with Gasteiger partial charge in [0.1, 0.15) is 5.75 Å². The van der Waals surface area contributed by atoms with E-state index in [9.17, 15) is 9.59 Å². The molecule has 2 heterocycles. The molecular weight excluding hydrogens is 272 g/mol. The number of amides is 2. The van der Waals surface area contributed by atoms with Gasteiger partial charge in [-0.2, -0.15) is 5.10 Å². The summed E-state index contributed by atoms with van der Waals surface area (Å²) >= 11 is 0. The van der Waals surface area contributed by atoms with Crippen LogP contribution >= 0.6 is 0 Å². The molecule has 108 valence electrons. The molecule has 0 saturated heterocycles. The van der Waals surface area contributed by atoms with Crippen molar-refractivity contribution in [1.82, 2.24) is 10.2 Å². The predicted octanol–water partition coefficient (Wildman–Crippen LogP) is 1.61. The number of aromatic nitrogens is 2. The second kappa shape index (κ2) is 4.93. The summed E-state index contributed by atoms with van der Waals surface area (Å²) in [5.41, 5.74) is 2.99. The van der Waals surface area contributed by atoms with Crippen LogP contribution in [0.1, 0.15) is 21.7 Å². The standard InChI is InChI=1S/C14H14N4O3/c1-7-13(8(2)18-17-7)14(20)15-9-3-4-11-10(5-9)16-12(19)6-21-11/h3-5H,6H2,1-2H3,(H,15,20)(H,16,19)(H,17,18). The van der Waals surface area contributed by atoms with E-state index in [0.29, 0.717) is 34.1 Å². The molecule has 7 nitrogen and oxygen atoms in total. The number of carbonyl (C=O) groups is 2. The largest absolute Gasteiger partial charge is 0.482 e. The van der Waals surface area contributed by atoms with Gasteiger partial charge in [0.25, 0.3) is 11.8 Å². The molecule has 3 rings (SSSR count). The minimum Gasteiger partial charge on any atom is -0.482 e. The number of fused-ring (bicyclic) bond motifs is 1. The van der Waals surface area contributed by atoms with E-state index in [1.165, 1.54) is 0 Å². The number of nitrogens with one attached hydrogen (secondary N) is 3. The molecule has 0 spiro atoms. The van der Waals surface area contributed by atoms with Gasteiger partial charge in [-0.25, -0.2) is 0 Å². The van der Waals surface area contributed by atoms with Crippen molar-refractivity contribution in [1.29, 1.82) is 0 Å². The molecule has 7 heteroatoms. The van der Waals surface area contributed by atoms with E-state index in [0.717, 1.165) is 0 Å². The first kappa shape index (κ1) is 13.2. The minimum absolute atomic E-state index is 0.00607. The Balaban J connectivity index is 1.84. The zero-order valence-electron chi connectivity index (χ0n) is 11.6. The molecule has 1 aliphatic rings. The van der Waals surface area contributed by atoms with Gasteiger partial charge in [-0.3, -0.25) is 14.7 Å². The summed E-state index contributed by atoms with van der Waals surface area (Å²) < 4.78 is 5.27. The van der Waals surface area contributed by atoms with Crippen molar-refractivity contribution in [2.45, 2.75) is 13.8 Å². The summed E-state index contributed by atoms with van der Waals surface area (Å²) in [7, 11) is 0. The third-order valence-corrected chi connectivity index (χ3v) is 3.23. The lowest BCUT2D eigenvalue weighted by atomic mass is 10.1. The number of benzene rings is 1. The molecule has 0 fully saturated rings. The van der Waals surface area contributed by atoms with Crippen molar-refractivity contribution in [3.05, 3.63) is 35.2 Å². The average molecular weight is 286 g/mol. The summed E-state index contributed by atoms with van der Waals surface area (Å²) in [5, 5.41) is 12.3. The fourth-order valence-corrected chi connectivity index (χ4v) is 2.24. The summed E-state index contributed by atoms with van der Waals surface area (Å²) in [5.74, 6) is 0.123. The monoisotopic (exact) mass is 286 g/mol. The molecule has 1 aliphatic heterocycles. The van der Waals surface area contributed by atoms with Crippen LogP contribution in [-0.2, 0) is 4.79 Å². The summed E-state index contributed by atoms with van der Waals surface area (Å²) in [6.07, 6.45) is 0. The summed E-state index contributed by atoms with van der Waals surface area (Å²) in [6, 6.07) is 5.09. The Hall–Kier alpha value is -2.83. The van der Waals surface area contributed by atoms with E-state index in [4.69, 9.17) is 4.74 Å². The molecule has 21 heavy (non-hydrogen) atoms. The van der Waals surface area contributed by atoms with E-state index in [1.54, 1.807) is 32.0 Å². The molecule has 0 aliphatic carbocycles. The summed E-state index contributed by atoms with van der Waals surface area (Å²) in [6.45, 7) is 3.56. The topological polar surface area (TPSA) is 96.1 Å². The third kappa shape index (κ3) is 2.45. The van der Waals surface area contributed by atoms with E-state index >= 15 is 0 Å². The number of nitrogens with zero attached hydrogens (tertiary/aromatic N) is 1. The van der Waals surface area contributed by atoms with Crippen LogP contribution in [0.4, 0.5) is 11.4 Å². The van der Waals surface area contributed by atoms with Crippen LogP contribution in [0.5, 0.6) is 5.75 Å². The average Bonchev–Trinajstić information content (AvgIpc) is 2.77. The number of rotatable bonds is 2. The molecule has 0 saturated carbocycles. The number of aromatic amines is 1. The quantitative estimate of drug-likeness (QED) is 0.781. The fraction of sp³-hybridized carbons (Fsp3) is 0.214. The molecule has 0 atom stereocenters. The molecule has 2 amide bonds. The van der Waals surface area contributed by atoms with Gasteiger partial charge in [0.2, 0.25) is 0 Å². The zero-order valence-corrected chi connectivity index (χ0v) is 11.6. The normalized spacial score (nSPS) is 13.1. The minimum atomic E-state index is -0.248. The van der Waals surface area contributed by atoms with Crippen molar-refractivity contribution in [3.8, 4) is 5.75 Å². The Morgan fingerprint density at radius 2 is 2.19 bits per heavy atom. The van der Waals surface area contributed by atoms with E-state index in [-0.39, 0.29) is 18.4 Å². The number of hydrogen-bond donors (Lipinski definition) is 3. The molecule has 0 radical (unpaired) electrons. The lowest BCUT2D eigenvalue weighted by Crippen LogP contribution is -2.25. The Kier molecular flexibility index (Phi) is 3.09. The lowest BCUT2D eigenvalue weighted by molar-refractivity contribution is -0.118. The number of aryl methyl sites for hydroxylation is 2. The van der Waals surface area contributed by atoms with Crippen molar-refractivity contribution in [3.63, 3.8) is 0 Å². The van der Waals surface area contributed by atoms with Crippen LogP contribution in [0.2, 0.25) is 0 Å². The first-order chi connectivity index (χ1) is 10.0. The Morgan fingerprint density at radius 1 is 1.38 bits per heavy atom. The second-order valence-corrected chi connectivity index (χ2v) is 4.81. The van der Waals surface area contributed by atoms with Crippen molar-refractivity contribution in [2.75, 3.05) is 17.2 Å². The van der Waals surface area contributed by atoms with E-state index in [2.05, 4.69) is 20.8 Å². The number of anilines is 2. The van der Waals surface area contributed by atoms with Crippen LogP contribution in [0.15, 0.2) is 18.2 Å². The highest BCUT2D eigenvalue weighted by molar-refractivity contribution is 6.06. The Morgan fingerprint density at radius 3 is 2.90 bits per heavy atom. The van der Waals surface area contributed by atoms with Crippen molar-refractivity contribution < 1.29 is 14.3 Å². The van der Waals surface area contributed by atoms with Crippen LogP contribution in [0.3, 0.4) is 0 Å². The highest BCUT2D eigenvalue weighted by Crippen LogP contribution is 2.30. The molecule has 0 bridgehead atoms. The van der Waals surface area contributed by atoms with E-state index < -0.39 is 0 Å². The van der Waals surface area contributed by atoms with Crippen molar-refractivity contribution >= 4 is 23.2 Å². The van der Waals surface area contributed by atoms with Gasteiger partial charge in [-0.15, -0.1) is 0 Å². The smallest absolute Gasteiger partial charge is 0.262 e. The first-order valence-electron chi connectivity index (χ1n) is 6.44. The van der Waals surface area contributed by atoms with Gasteiger partial charge >= 0.3 is 0 Å². The van der Waals surface area contributed by atoms with Crippen LogP contribution < -0.4 is 15.4 Å². The van der Waals surface area contributed by atoms with Gasteiger partial charge in [0.05, 0.1) is 16.9 Å². The lowest BCUT2D eigenvalue weighted by Gasteiger charge is -2.18. The van der Waals surface area contributed by atoms with Gasteiger partial charge in [-0.05, 0) is 32.0 Å². The van der Waals surface area contributed by atoms with E-state index in [1.807, 2.05) is 0 Å². The Labute approximate surface area is 120 Å². The molecule has 2 aromatic rings. The van der Waals surface area contributed by atoms with Crippen LogP contribution in [0.25, 0.3) is 0 Å². The zero-order chi connectivity index (χ0) is 15.0. The van der Waals surface area contributed by atoms with Gasteiger partial charge < -0.3 is 15.4 Å². The second-order valence-electron chi connectivity index (χ2n) is 4.81. The molecule has 3 N–H and O–H groups in total. The molecule has 1 aromatic carbocycles. The third-order valence-electron chi connectivity index (χ3n) is 3.23. The van der Waals surface area contributed by atoms with Gasteiger partial charge in [-0.1, -0.05) is 0 Å². The highest BCUT2D eigenvalue weighted by atomic mass is 16.5. The fourth-order valence-electron chi connectivity index (χ4n) is 2.24. The number of H-pyrrole nitrogens is 1. The number of hydrogen-bond acceptors (Lipinski definition) is 4. The van der Waals surface area contributed by atoms with Gasteiger partial charge in [0, 0.05) is 11.4 Å². The van der Waals surface area contributed by atoms with Crippen LogP contribution in [-0.4, -0.2) is 28.6 Å². The first-order valence-corrected chi connectivity index (χ1v) is 6.44. The Bertz CT molecular complexity index is 716. The highest BCUT2D eigenvalue weighted by Gasteiger charge is 2.18. The maximum absolute atomic E-state index is 12.3. The number of carbonyl (C=O) groups excluding carboxylic acids is 2. The van der Waals surface area contributed by atoms with Crippen molar-refractivity contribution in [2.24, 2.45) is 0 Å². The molecular formula is C14H14N4O3. The number of ether oxygens (including phenoxy) is 1. The molecule has 1 aromatic heterocycles. The predicted molar refractivity (Wildman–Crippen MR) is 76.6 cm³/mol. The summed E-state index contributed by atoms with van der Waals surface area (Å²) in [4.78, 5) is 23.6.